The third-order valence-electron chi connectivity index (χ3n) is 5.63. The van der Waals surface area contributed by atoms with Gasteiger partial charge < -0.3 is 20.4 Å². The summed E-state index contributed by atoms with van der Waals surface area (Å²) in [6.07, 6.45) is 0. The van der Waals surface area contributed by atoms with Gasteiger partial charge in [-0.05, 0) is 47.5 Å². The van der Waals surface area contributed by atoms with Crippen molar-refractivity contribution in [1.82, 2.24) is 0 Å². The Hall–Kier alpha value is -3.67. The maximum absolute atomic E-state index is 14.3. The number of phenols is 4. The van der Waals surface area contributed by atoms with Crippen LogP contribution in [0.15, 0.2) is 84.9 Å². The van der Waals surface area contributed by atoms with Crippen LogP contribution in [-0.4, -0.2) is 26.2 Å². The van der Waals surface area contributed by atoms with Gasteiger partial charge in [0.05, 0.1) is 11.8 Å². The Kier molecular flexibility index (Phi) is 6.68. The summed E-state index contributed by atoms with van der Waals surface area (Å²) < 4.78 is 0. The SMILES string of the molecule is O=C(C(c1ccc(Cl)cc1)c1ccc(O)cc1O)C(c1ccc(Cl)cc1)c1ccc(O)cc1O. The number of ketones is 1. The van der Waals surface area contributed by atoms with E-state index in [1.165, 1.54) is 36.4 Å². The summed E-state index contributed by atoms with van der Waals surface area (Å²) in [6.45, 7) is 0. The van der Waals surface area contributed by atoms with Crippen LogP contribution in [0.1, 0.15) is 34.1 Å². The van der Waals surface area contributed by atoms with E-state index >= 15 is 0 Å². The number of hydrogen-bond acceptors (Lipinski definition) is 5. The lowest BCUT2D eigenvalue weighted by Crippen LogP contribution is -2.23. The molecule has 0 saturated carbocycles. The van der Waals surface area contributed by atoms with E-state index in [1.807, 2.05) is 0 Å². The molecule has 0 aliphatic heterocycles. The Morgan fingerprint density at radius 2 is 0.912 bits per heavy atom. The van der Waals surface area contributed by atoms with E-state index in [1.54, 1.807) is 48.5 Å². The average molecular weight is 495 g/mol. The lowest BCUT2D eigenvalue weighted by molar-refractivity contribution is -0.120. The Morgan fingerprint density at radius 1 is 0.559 bits per heavy atom. The Bertz CT molecular complexity index is 1230. The molecule has 0 radical (unpaired) electrons. The molecule has 0 aliphatic rings. The molecule has 0 amide bonds. The number of halogens is 2. The predicted octanol–water partition coefficient (Wildman–Crippen LogP) is 6.35. The summed E-state index contributed by atoms with van der Waals surface area (Å²) in [5.41, 5.74) is 1.69. The molecule has 0 bridgehead atoms. The highest BCUT2D eigenvalue weighted by Crippen LogP contribution is 2.42. The quantitative estimate of drug-likeness (QED) is 0.250. The van der Waals surface area contributed by atoms with Crippen molar-refractivity contribution in [1.29, 1.82) is 0 Å². The van der Waals surface area contributed by atoms with Crippen LogP contribution in [0.3, 0.4) is 0 Å². The van der Waals surface area contributed by atoms with Gasteiger partial charge in [0.15, 0.2) is 5.78 Å². The summed E-state index contributed by atoms with van der Waals surface area (Å²) in [7, 11) is 0. The molecule has 2 unspecified atom stereocenters. The molecule has 4 rings (SSSR count). The van der Waals surface area contributed by atoms with Crippen LogP contribution in [-0.2, 0) is 4.79 Å². The highest BCUT2D eigenvalue weighted by molar-refractivity contribution is 6.30. The normalized spacial score (nSPS) is 12.8. The first kappa shape index (κ1) is 23.5. The molecular formula is C27H20Cl2O5. The summed E-state index contributed by atoms with van der Waals surface area (Å²) in [6, 6.07) is 21.4. The number of hydrogen-bond donors (Lipinski definition) is 4. The van der Waals surface area contributed by atoms with Crippen LogP contribution in [0, 0.1) is 0 Å². The van der Waals surface area contributed by atoms with E-state index < -0.39 is 11.8 Å². The fraction of sp³-hybridized carbons (Fsp3) is 0.0741. The van der Waals surface area contributed by atoms with Gasteiger partial charge in [0, 0.05) is 33.3 Å². The molecule has 4 N–H and O–H groups in total. The van der Waals surface area contributed by atoms with Crippen LogP contribution in [0.4, 0.5) is 0 Å². The number of rotatable bonds is 6. The Labute approximate surface area is 206 Å². The fourth-order valence-electron chi connectivity index (χ4n) is 4.02. The standard InChI is InChI=1S/C27H20Cl2O5/c28-17-5-1-15(2-6-17)25(21-11-9-19(30)13-23(21)32)27(34)26(16-3-7-18(29)8-4-16)22-12-10-20(31)14-24(22)33/h1-14,25-26,30-33H. The minimum Gasteiger partial charge on any atom is -0.508 e. The van der Waals surface area contributed by atoms with Crippen LogP contribution in [0.25, 0.3) is 0 Å². The molecule has 4 aromatic carbocycles. The molecule has 0 aromatic heterocycles. The van der Waals surface area contributed by atoms with Crippen molar-refractivity contribution in [2.24, 2.45) is 0 Å². The van der Waals surface area contributed by atoms with Crippen LogP contribution >= 0.6 is 23.2 Å². The van der Waals surface area contributed by atoms with E-state index in [9.17, 15) is 25.2 Å². The van der Waals surface area contributed by atoms with Gasteiger partial charge in [0.1, 0.15) is 23.0 Å². The molecule has 7 heteroatoms. The van der Waals surface area contributed by atoms with Crippen LogP contribution < -0.4 is 0 Å². The summed E-state index contributed by atoms with van der Waals surface area (Å²) in [5.74, 6) is -3.08. The first-order chi connectivity index (χ1) is 16.2. The van der Waals surface area contributed by atoms with E-state index in [-0.39, 0.29) is 39.9 Å². The number of phenolic OH excluding ortho intramolecular Hbond substituents is 4. The molecule has 2 atom stereocenters. The largest absolute Gasteiger partial charge is 0.508 e. The topological polar surface area (TPSA) is 98.0 Å². The average Bonchev–Trinajstić information content (AvgIpc) is 2.79. The Morgan fingerprint density at radius 3 is 1.24 bits per heavy atom. The van der Waals surface area contributed by atoms with Crippen molar-refractivity contribution < 1.29 is 25.2 Å². The van der Waals surface area contributed by atoms with Crippen LogP contribution in [0.5, 0.6) is 23.0 Å². The monoisotopic (exact) mass is 494 g/mol. The molecule has 0 fully saturated rings. The second-order valence-corrected chi connectivity index (χ2v) is 8.73. The zero-order chi connectivity index (χ0) is 24.4. The van der Waals surface area contributed by atoms with Crippen molar-refractivity contribution in [2.75, 3.05) is 0 Å². The molecule has 0 heterocycles. The zero-order valence-corrected chi connectivity index (χ0v) is 19.2. The predicted molar refractivity (Wildman–Crippen MR) is 131 cm³/mol. The number of carbonyl (C=O) groups excluding carboxylic acids is 1. The number of carbonyl (C=O) groups is 1. The van der Waals surface area contributed by atoms with E-state index in [2.05, 4.69) is 0 Å². The highest BCUT2D eigenvalue weighted by Gasteiger charge is 2.35. The van der Waals surface area contributed by atoms with Crippen molar-refractivity contribution in [2.45, 2.75) is 11.8 Å². The third-order valence-corrected chi connectivity index (χ3v) is 6.13. The number of Topliss-reactive ketones (excluding diaryl/α,β-unsaturated/α-hetero) is 1. The van der Waals surface area contributed by atoms with Crippen molar-refractivity contribution in [3.63, 3.8) is 0 Å². The fourth-order valence-corrected chi connectivity index (χ4v) is 4.28. The van der Waals surface area contributed by atoms with Gasteiger partial charge in [-0.1, -0.05) is 59.6 Å². The minimum atomic E-state index is -0.966. The maximum Gasteiger partial charge on any atom is 0.156 e. The van der Waals surface area contributed by atoms with Gasteiger partial charge in [-0.25, -0.2) is 0 Å². The lowest BCUT2D eigenvalue weighted by Gasteiger charge is -2.25. The lowest BCUT2D eigenvalue weighted by atomic mass is 9.76. The first-order valence-electron chi connectivity index (χ1n) is 10.3. The second kappa shape index (κ2) is 9.67. The molecule has 0 spiro atoms. The van der Waals surface area contributed by atoms with Crippen molar-refractivity contribution in [3.05, 3.63) is 117 Å². The minimum absolute atomic E-state index is 0.144. The molecule has 4 aromatic rings. The number of benzene rings is 4. The van der Waals surface area contributed by atoms with Gasteiger partial charge in [-0.15, -0.1) is 0 Å². The summed E-state index contributed by atoms with van der Waals surface area (Å²) in [5, 5.41) is 41.8. The smallest absolute Gasteiger partial charge is 0.156 e. The summed E-state index contributed by atoms with van der Waals surface area (Å²) in [4.78, 5) is 14.3. The van der Waals surface area contributed by atoms with Gasteiger partial charge in [-0.2, -0.15) is 0 Å². The van der Waals surface area contributed by atoms with Gasteiger partial charge in [0.2, 0.25) is 0 Å². The third kappa shape index (κ3) is 4.81. The van der Waals surface area contributed by atoms with E-state index in [0.29, 0.717) is 21.2 Å². The van der Waals surface area contributed by atoms with Gasteiger partial charge >= 0.3 is 0 Å². The molecular weight excluding hydrogens is 475 g/mol. The van der Waals surface area contributed by atoms with E-state index in [4.69, 9.17) is 23.2 Å². The van der Waals surface area contributed by atoms with Crippen LogP contribution in [0.2, 0.25) is 10.0 Å². The van der Waals surface area contributed by atoms with Crippen molar-refractivity contribution >= 4 is 29.0 Å². The second-order valence-electron chi connectivity index (χ2n) is 7.86. The van der Waals surface area contributed by atoms with E-state index in [0.717, 1.165) is 0 Å². The van der Waals surface area contributed by atoms with Gasteiger partial charge in [0.25, 0.3) is 0 Å². The molecule has 0 aliphatic carbocycles. The van der Waals surface area contributed by atoms with Gasteiger partial charge in [-0.3, -0.25) is 4.79 Å². The zero-order valence-electron chi connectivity index (χ0n) is 17.7. The molecule has 34 heavy (non-hydrogen) atoms. The van der Waals surface area contributed by atoms with Crippen molar-refractivity contribution in [3.8, 4) is 23.0 Å². The molecule has 0 saturated heterocycles. The number of aromatic hydroxyl groups is 4. The maximum atomic E-state index is 14.3. The summed E-state index contributed by atoms with van der Waals surface area (Å²) >= 11 is 12.1. The molecule has 172 valence electrons. The Balaban J connectivity index is 1.94. The highest BCUT2D eigenvalue weighted by atomic mass is 35.5. The first-order valence-corrected chi connectivity index (χ1v) is 11.1. The molecule has 5 nitrogen and oxygen atoms in total.